The molecule has 1 aliphatic rings. The molecule has 0 saturated carbocycles. The lowest BCUT2D eigenvalue weighted by molar-refractivity contribution is 0.0696. The molecule has 5 heteroatoms. The molecule has 1 atom stereocenters. The fraction of sp³-hybridized carbons (Fsp3) is 0.538. The quantitative estimate of drug-likeness (QED) is 0.916. The van der Waals surface area contributed by atoms with Gasteiger partial charge in [0.15, 0.2) is 0 Å². The van der Waals surface area contributed by atoms with E-state index in [1.807, 2.05) is 0 Å². The largest absolute Gasteiger partial charge is 0.478 e. The van der Waals surface area contributed by atoms with Crippen LogP contribution in [0.3, 0.4) is 0 Å². The van der Waals surface area contributed by atoms with Gasteiger partial charge in [0, 0.05) is 19.3 Å². The SMILES string of the molecule is CC(C)C1CCN(c2ncc(C(=O)O)cc2Cl)C1. The van der Waals surface area contributed by atoms with Gasteiger partial charge in [0.25, 0.3) is 0 Å². The number of carbonyl (C=O) groups is 1. The number of carboxylic acids is 1. The minimum absolute atomic E-state index is 0.128. The molecule has 2 heterocycles. The van der Waals surface area contributed by atoms with Gasteiger partial charge in [-0.1, -0.05) is 25.4 Å². The summed E-state index contributed by atoms with van der Waals surface area (Å²) in [6.45, 7) is 6.31. The Morgan fingerprint density at radius 2 is 2.33 bits per heavy atom. The van der Waals surface area contributed by atoms with Crippen LogP contribution < -0.4 is 4.90 Å². The van der Waals surface area contributed by atoms with Crippen molar-refractivity contribution in [1.82, 2.24) is 4.98 Å². The van der Waals surface area contributed by atoms with Gasteiger partial charge in [-0.2, -0.15) is 0 Å². The van der Waals surface area contributed by atoms with Crippen molar-refractivity contribution in [2.24, 2.45) is 11.8 Å². The van der Waals surface area contributed by atoms with Gasteiger partial charge >= 0.3 is 5.97 Å². The summed E-state index contributed by atoms with van der Waals surface area (Å²) in [6.07, 6.45) is 2.50. The zero-order valence-corrected chi connectivity index (χ0v) is 11.3. The van der Waals surface area contributed by atoms with Crippen molar-refractivity contribution in [3.63, 3.8) is 0 Å². The summed E-state index contributed by atoms with van der Waals surface area (Å²) in [5.41, 5.74) is 0.128. The maximum absolute atomic E-state index is 10.8. The molecule has 1 N–H and O–H groups in total. The molecule has 1 aromatic rings. The summed E-state index contributed by atoms with van der Waals surface area (Å²) in [7, 11) is 0. The molecule has 1 saturated heterocycles. The van der Waals surface area contributed by atoms with E-state index < -0.39 is 5.97 Å². The van der Waals surface area contributed by atoms with E-state index in [1.54, 1.807) is 0 Å². The first-order valence-electron chi connectivity index (χ1n) is 6.13. The van der Waals surface area contributed by atoms with Gasteiger partial charge in [-0.3, -0.25) is 0 Å². The third-order valence-electron chi connectivity index (χ3n) is 3.54. The van der Waals surface area contributed by atoms with E-state index >= 15 is 0 Å². The van der Waals surface area contributed by atoms with Crippen molar-refractivity contribution in [2.75, 3.05) is 18.0 Å². The molecule has 0 spiro atoms. The monoisotopic (exact) mass is 268 g/mol. The van der Waals surface area contributed by atoms with Crippen molar-refractivity contribution in [3.05, 3.63) is 22.8 Å². The second-order valence-corrected chi connectivity index (χ2v) is 5.48. The first kappa shape index (κ1) is 13.1. The molecule has 98 valence electrons. The number of carboxylic acid groups (broad SMARTS) is 1. The maximum Gasteiger partial charge on any atom is 0.337 e. The molecule has 1 aliphatic heterocycles. The van der Waals surface area contributed by atoms with Crippen LogP contribution in [-0.2, 0) is 0 Å². The Morgan fingerprint density at radius 1 is 1.61 bits per heavy atom. The van der Waals surface area contributed by atoms with Crippen molar-refractivity contribution < 1.29 is 9.90 Å². The van der Waals surface area contributed by atoms with Gasteiger partial charge < -0.3 is 10.0 Å². The van der Waals surface area contributed by atoms with Crippen LogP contribution in [0.1, 0.15) is 30.6 Å². The summed E-state index contributed by atoms with van der Waals surface area (Å²) < 4.78 is 0. The molecule has 0 aromatic carbocycles. The van der Waals surface area contributed by atoms with E-state index in [4.69, 9.17) is 16.7 Å². The van der Waals surface area contributed by atoms with Crippen molar-refractivity contribution in [2.45, 2.75) is 20.3 Å². The molecule has 1 aromatic heterocycles. The molecule has 2 rings (SSSR count). The molecule has 0 bridgehead atoms. The molecular formula is C13H17ClN2O2. The smallest absolute Gasteiger partial charge is 0.337 e. The zero-order valence-electron chi connectivity index (χ0n) is 10.6. The van der Waals surface area contributed by atoms with E-state index in [1.165, 1.54) is 12.3 Å². The first-order chi connectivity index (χ1) is 8.49. The van der Waals surface area contributed by atoms with E-state index in [0.29, 0.717) is 22.7 Å². The molecule has 0 aliphatic carbocycles. The van der Waals surface area contributed by atoms with E-state index in [-0.39, 0.29) is 5.56 Å². The Kier molecular flexibility index (Phi) is 3.76. The van der Waals surface area contributed by atoms with Crippen molar-refractivity contribution in [3.8, 4) is 0 Å². The normalized spacial score (nSPS) is 19.6. The summed E-state index contributed by atoms with van der Waals surface area (Å²) in [6, 6.07) is 1.47. The third kappa shape index (κ3) is 2.58. The number of anilines is 1. The average molecular weight is 269 g/mol. The highest BCUT2D eigenvalue weighted by Gasteiger charge is 2.27. The van der Waals surface area contributed by atoms with E-state index in [9.17, 15) is 4.79 Å². The van der Waals surface area contributed by atoms with Crippen LogP contribution in [0.2, 0.25) is 5.02 Å². The number of hydrogen-bond donors (Lipinski definition) is 1. The Labute approximate surface area is 112 Å². The summed E-state index contributed by atoms with van der Waals surface area (Å²) in [5, 5.41) is 9.28. The molecule has 1 fully saturated rings. The Hall–Kier alpha value is -1.29. The Morgan fingerprint density at radius 3 is 2.83 bits per heavy atom. The second kappa shape index (κ2) is 5.14. The molecule has 4 nitrogen and oxygen atoms in total. The molecule has 0 amide bonds. The molecule has 18 heavy (non-hydrogen) atoms. The molecule has 1 unspecified atom stereocenters. The molecule has 0 radical (unpaired) electrons. The second-order valence-electron chi connectivity index (χ2n) is 5.07. The highest BCUT2D eigenvalue weighted by atomic mass is 35.5. The maximum atomic E-state index is 10.8. The van der Waals surface area contributed by atoms with Crippen LogP contribution in [0.15, 0.2) is 12.3 Å². The standard InChI is InChI=1S/C13H17ClN2O2/c1-8(2)9-3-4-16(7-9)12-11(14)5-10(6-15-12)13(17)18/h5-6,8-9H,3-4,7H2,1-2H3,(H,17,18). The van der Waals surface area contributed by atoms with Gasteiger partial charge in [-0.05, 0) is 24.3 Å². The number of rotatable bonds is 3. The lowest BCUT2D eigenvalue weighted by Crippen LogP contribution is -2.22. The minimum atomic E-state index is -1.00. The molecular weight excluding hydrogens is 252 g/mol. The number of halogens is 1. The third-order valence-corrected chi connectivity index (χ3v) is 3.81. The summed E-state index contributed by atoms with van der Waals surface area (Å²) in [4.78, 5) is 17.1. The minimum Gasteiger partial charge on any atom is -0.478 e. The van der Waals surface area contributed by atoms with Gasteiger partial charge in [-0.25, -0.2) is 9.78 Å². The number of aromatic nitrogens is 1. The van der Waals surface area contributed by atoms with Crippen LogP contribution in [0.4, 0.5) is 5.82 Å². The lowest BCUT2D eigenvalue weighted by atomic mass is 9.95. The number of pyridine rings is 1. The number of hydrogen-bond acceptors (Lipinski definition) is 3. The van der Waals surface area contributed by atoms with E-state index in [2.05, 4.69) is 23.7 Å². The van der Waals surface area contributed by atoms with E-state index in [0.717, 1.165) is 19.5 Å². The first-order valence-corrected chi connectivity index (χ1v) is 6.50. The van der Waals surface area contributed by atoms with Crippen molar-refractivity contribution in [1.29, 1.82) is 0 Å². The fourth-order valence-electron chi connectivity index (χ4n) is 2.30. The zero-order chi connectivity index (χ0) is 13.3. The van der Waals surface area contributed by atoms with Gasteiger partial charge in [0.05, 0.1) is 10.6 Å². The fourth-order valence-corrected chi connectivity index (χ4v) is 2.59. The Balaban J connectivity index is 2.18. The van der Waals surface area contributed by atoms with Crippen LogP contribution in [0.5, 0.6) is 0 Å². The van der Waals surface area contributed by atoms with Crippen LogP contribution in [0.25, 0.3) is 0 Å². The highest BCUT2D eigenvalue weighted by molar-refractivity contribution is 6.33. The van der Waals surface area contributed by atoms with Crippen LogP contribution in [-0.4, -0.2) is 29.1 Å². The van der Waals surface area contributed by atoms with Crippen LogP contribution >= 0.6 is 11.6 Å². The van der Waals surface area contributed by atoms with Gasteiger partial charge in [-0.15, -0.1) is 0 Å². The summed E-state index contributed by atoms with van der Waals surface area (Å²) in [5.74, 6) is 0.997. The number of nitrogens with zero attached hydrogens (tertiary/aromatic N) is 2. The summed E-state index contributed by atoms with van der Waals surface area (Å²) >= 11 is 6.11. The van der Waals surface area contributed by atoms with Crippen LogP contribution in [0, 0.1) is 11.8 Å². The van der Waals surface area contributed by atoms with Gasteiger partial charge in [0.1, 0.15) is 5.82 Å². The lowest BCUT2D eigenvalue weighted by Gasteiger charge is -2.20. The Bertz CT molecular complexity index is 462. The predicted octanol–water partition coefficient (Wildman–Crippen LogP) is 2.92. The topological polar surface area (TPSA) is 53.4 Å². The average Bonchev–Trinajstić information content (AvgIpc) is 2.78. The number of aromatic carboxylic acids is 1. The van der Waals surface area contributed by atoms with Crippen molar-refractivity contribution >= 4 is 23.4 Å². The predicted molar refractivity (Wildman–Crippen MR) is 71.4 cm³/mol. The van der Waals surface area contributed by atoms with Gasteiger partial charge in [0.2, 0.25) is 0 Å². The highest BCUT2D eigenvalue weighted by Crippen LogP contribution is 2.31.